The number of amides is 1. The molecule has 8 nitrogen and oxygen atoms in total. The molecule has 27 heavy (non-hydrogen) atoms. The average Bonchev–Trinajstić information content (AvgIpc) is 3.17. The number of nitrogens with zero attached hydrogens (tertiary/aromatic N) is 3. The Balaban J connectivity index is 0.00000261. The van der Waals surface area contributed by atoms with Gasteiger partial charge in [0.25, 0.3) is 5.56 Å². The van der Waals surface area contributed by atoms with E-state index in [1.807, 2.05) is 0 Å². The molecule has 152 valence electrons. The Morgan fingerprint density at radius 3 is 2.70 bits per heavy atom. The number of nitrogens with one attached hydrogen (secondary N) is 2. The fraction of sp³-hybridized carbons (Fsp3) is 0.722. The van der Waals surface area contributed by atoms with Crippen molar-refractivity contribution in [2.75, 3.05) is 26.2 Å². The van der Waals surface area contributed by atoms with Crippen LogP contribution in [0.15, 0.2) is 15.7 Å². The van der Waals surface area contributed by atoms with E-state index in [1.165, 1.54) is 7.05 Å². The highest BCUT2D eigenvalue weighted by Gasteiger charge is 2.25. The Bertz CT molecular complexity index is 769. The van der Waals surface area contributed by atoms with Crippen molar-refractivity contribution >= 4 is 18.3 Å². The van der Waals surface area contributed by atoms with E-state index in [2.05, 4.69) is 15.5 Å². The van der Waals surface area contributed by atoms with Crippen molar-refractivity contribution < 1.29 is 4.79 Å². The highest BCUT2D eigenvalue weighted by atomic mass is 35.5. The Morgan fingerprint density at radius 2 is 2.00 bits per heavy atom. The van der Waals surface area contributed by atoms with Gasteiger partial charge in [-0.15, -0.1) is 12.4 Å². The van der Waals surface area contributed by atoms with Crippen LogP contribution in [0.5, 0.6) is 0 Å². The molecule has 2 atom stereocenters. The van der Waals surface area contributed by atoms with Gasteiger partial charge in [0.05, 0.1) is 6.04 Å². The average molecular weight is 400 g/mol. The van der Waals surface area contributed by atoms with Gasteiger partial charge in [-0.3, -0.25) is 23.6 Å². The molecule has 2 aliphatic rings. The van der Waals surface area contributed by atoms with Gasteiger partial charge in [-0.2, -0.15) is 0 Å². The minimum Gasteiger partial charge on any atom is -0.354 e. The normalized spacial score (nSPS) is 23.0. The van der Waals surface area contributed by atoms with E-state index in [1.54, 1.807) is 17.7 Å². The zero-order chi connectivity index (χ0) is 18.7. The summed E-state index contributed by atoms with van der Waals surface area (Å²) in [5.41, 5.74) is 0.170. The lowest BCUT2D eigenvalue weighted by Crippen LogP contribution is -2.46. The van der Waals surface area contributed by atoms with Gasteiger partial charge in [0.1, 0.15) is 0 Å². The molecule has 0 saturated carbocycles. The molecule has 9 heteroatoms. The van der Waals surface area contributed by atoms with Crippen molar-refractivity contribution in [1.82, 2.24) is 24.7 Å². The van der Waals surface area contributed by atoms with E-state index >= 15 is 0 Å². The second-order valence-corrected chi connectivity index (χ2v) is 7.51. The first-order chi connectivity index (χ1) is 12.5. The number of rotatable bonds is 5. The second kappa shape index (κ2) is 9.52. The van der Waals surface area contributed by atoms with Gasteiger partial charge >= 0.3 is 5.69 Å². The Kier molecular flexibility index (Phi) is 7.64. The van der Waals surface area contributed by atoms with Gasteiger partial charge in [0.15, 0.2) is 0 Å². The number of hydrogen-bond donors (Lipinski definition) is 2. The van der Waals surface area contributed by atoms with E-state index in [-0.39, 0.29) is 35.6 Å². The van der Waals surface area contributed by atoms with Crippen molar-refractivity contribution in [3.63, 3.8) is 0 Å². The third-order valence-corrected chi connectivity index (χ3v) is 5.56. The maximum Gasteiger partial charge on any atom is 0.330 e. The van der Waals surface area contributed by atoms with Crippen molar-refractivity contribution in [2.45, 2.75) is 38.3 Å². The van der Waals surface area contributed by atoms with Crippen molar-refractivity contribution in [1.29, 1.82) is 0 Å². The first kappa shape index (κ1) is 21.7. The molecule has 2 unspecified atom stereocenters. The quantitative estimate of drug-likeness (QED) is 0.702. The van der Waals surface area contributed by atoms with Crippen LogP contribution in [0.4, 0.5) is 0 Å². The van der Waals surface area contributed by atoms with Crippen molar-refractivity contribution in [3.05, 3.63) is 32.6 Å². The summed E-state index contributed by atoms with van der Waals surface area (Å²) in [5, 5.41) is 6.30. The van der Waals surface area contributed by atoms with Crippen molar-refractivity contribution in [2.24, 2.45) is 20.0 Å². The molecule has 3 heterocycles. The molecule has 2 fully saturated rings. The number of carbonyl (C=O) groups is 1. The van der Waals surface area contributed by atoms with E-state index in [0.717, 1.165) is 55.6 Å². The standard InChI is InChI=1S/C18H29N5O3.ClH/c1-21-14(9-16(24)22(2)18(21)26)12-23-8-4-5-13(11-23)10-20-17(25)15-6-3-7-19-15;/h9,13,15,19H,3-8,10-12H2,1-2H3,(H,20,25);1H. The number of hydrogen-bond acceptors (Lipinski definition) is 5. The SMILES string of the molecule is Cl.Cn1c(CN2CCCC(CNC(=O)C3CCCN3)C2)cc(=O)n(C)c1=O. The topological polar surface area (TPSA) is 88.4 Å². The largest absolute Gasteiger partial charge is 0.354 e. The maximum atomic E-state index is 12.1. The summed E-state index contributed by atoms with van der Waals surface area (Å²) >= 11 is 0. The second-order valence-electron chi connectivity index (χ2n) is 7.51. The summed E-state index contributed by atoms with van der Waals surface area (Å²) in [6.07, 6.45) is 4.12. The Morgan fingerprint density at radius 1 is 1.22 bits per heavy atom. The van der Waals surface area contributed by atoms with Gasteiger partial charge in [0.2, 0.25) is 5.91 Å². The number of carbonyl (C=O) groups excluding carboxylic acids is 1. The summed E-state index contributed by atoms with van der Waals surface area (Å²) < 4.78 is 2.66. The predicted molar refractivity (Wildman–Crippen MR) is 106 cm³/mol. The number of aromatic nitrogens is 2. The first-order valence-corrected chi connectivity index (χ1v) is 9.45. The minimum absolute atomic E-state index is 0. The van der Waals surface area contributed by atoms with Crippen LogP contribution in [0.25, 0.3) is 0 Å². The Hall–Kier alpha value is -1.64. The van der Waals surface area contributed by atoms with Crippen LogP contribution in [0, 0.1) is 5.92 Å². The maximum absolute atomic E-state index is 12.1. The molecule has 2 N–H and O–H groups in total. The molecular formula is C18H30ClN5O3. The molecule has 0 bridgehead atoms. The summed E-state index contributed by atoms with van der Waals surface area (Å²) in [6, 6.07) is 1.50. The summed E-state index contributed by atoms with van der Waals surface area (Å²) in [6.45, 7) is 3.99. The fourth-order valence-electron chi connectivity index (χ4n) is 3.90. The molecule has 3 rings (SSSR count). The van der Waals surface area contributed by atoms with Crippen LogP contribution < -0.4 is 21.9 Å². The van der Waals surface area contributed by atoms with Gasteiger partial charge < -0.3 is 10.6 Å². The van der Waals surface area contributed by atoms with Crippen LogP contribution >= 0.6 is 12.4 Å². The summed E-state index contributed by atoms with van der Waals surface area (Å²) in [7, 11) is 3.20. The minimum atomic E-state index is -0.294. The van der Waals surface area contributed by atoms with E-state index in [0.29, 0.717) is 19.0 Å². The van der Waals surface area contributed by atoms with Crippen LogP contribution in [-0.2, 0) is 25.4 Å². The zero-order valence-corrected chi connectivity index (χ0v) is 16.9. The van der Waals surface area contributed by atoms with Crippen LogP contribution in [-0.4, -0.2) is 52.2 Å². The smallest absolute Gasteiger partial charge is 0.330 e. The molecule has 0 spiro atoms. The third-order valence-electron chi connectivity index (χ3n) is 5.56. The van der Waals surface area contributed by atoms with Crippen molar-refractivity contribution in [3.8, 4) is 0 Å². The van der Waals surface area contributed by atoms with Crippen LogP contribution in [0.1, 0.15) is 31.4 Å². The summed E-state index contributed by atoms with van der Waals surface area (Å²) in [4.78, 5) is 38.4. The number of likely N-dealkylation sites (tertiary alicyclic amines) is 1. The van der Waals surface area contributed by atoms with Gasteiger partial charge in [-0.1, -0.05) is 0 Å². The molecule has 1 aromatic rings. The van der Waals surface area contributed by atoms with Gasteiger partial charge in [-0.25, -0.2) is 4.79 Å². The molecule has 0 radical (unpaired) electrons. The molecule has 0 aliphatic carbocycles. The van der Waals surface area contributed by atoms with Crippen LogP contribution in [0.3, 0.4) is 0 Å². The Labute approximate surface area is 165 Å². The lowest BCUT2D eigenvalue weighted by Gasteiger charge is -2.33. The lowest BCUT2D eigenvalue weighted by molar-refractivity contribution is -0.123. The molecule has 2 saturated heterocycles. The molecule has 1 aromatic heterocycles. The van der Waals surface area contributed by atoms with Gasteiger partial charge in [0, 0.05) is 45.5 Å². The molecule has 0 aromatic carbocycles. The molecule has 1 amide bonds. The fourth-order valence-corrected chi connectivity index (χ4v) is 3.90. The lowest BCUT2D eigenvalue weighted by atomic mass is 9.97. The van der Waals surface area contributed by atoms with Crippen LogP contribution in [0.2, 0.25) is 0 Å². The highest BCUT2D eigenvalue weighted by molar-refractivity contribution is 5.85. The predicted octanol–water partition coefficient (Wildman–Crippen LogP) is -0.414. The van der Waals surface area contributed by atoms with E-state index in [4.69, 9.17) is 0 Å². The van der Waals surface area contributed by atoms with E-state index < -0.39 is 0 Å². The number of piperidine rings is 1. The monoisotopic (exact) mass is 399 g/mol. The highest BCUT2D eigenvalue weighted by Crippen LogP contribution is 2.17. The third kappa shape index (κ3) is 5.21. The number of halogens is 1. The zero-order valence-electron chi connectivity index (χ0n) is 16.1. The first-order valence-electron chi connectivity index (χ1n) is 9.45. The van der Waals surface area contributed by atoms with Gasteiger partial charge in [-0.05, 0) is 44.7 Å². The van der Waals surface area contributed by atoms with E-state index in [9.17, 15) is 14.4 Å². The molecule has 2 aliphatic heterocycles. The molecular weight excluding hydrogens is 370 g/mol. The summed E-state index contributed by atoms with van der Waals surface area (Å²) in [5.74, 6) is 0.506.